The van der Waals surface area contributed by atoms with Crippen molar-refractivity contribution in [2.45, 2.75) is 24.8 Å². The van der Waals surface area contributed by atoms with Crippen molar-refractivity contribution in [2.24, 2.45) is 11.7 Å². The van der Waals surface area contributed by atoms with Gasteiger partial charge in [-0.15, -0.1) is 0 Å². The number of nitrogens with one attached hydrogen (secondary N) is 1. The predicted molar refractivity (Wildman–Crippen MR) is 76.4 cm³/mol. The fourth-order valence-electron chi connectivity index (χ4n) is 1.41. The van der Waals surface area contributed by atoms with Crippen LogP contribution in [0.2, 0.25) is 0 Å². The minimum atomic E-state index is -3.42. The van der Waals surface area contributed by atoms with E-state index in [-0.39, 0.29) is 10.9 Å². The van der Waals surface area contributed by atoms with Crippen LogP contribution in [0, 0.1) is 5.92 Å². The molecular formula is C12H22N4O2S. The van der Waals surface area contributed by atoms with Crippen LogP contribution in [-0.2, 0) is 10.0 Å². The van der Waals surface area contributed by atoms with E-state index in [4.69, 9.17) is 5.73 Å². The second-order valence-electron chi connectivity index (χ2n) is 4.81. The first kappa shape index (κ1) is 15.9. The number of aromatic nitrogens is 1. The molecule has 2 unspecified atom stereocenters. The number of nitrogens with zero attached hydrogens (tertiary/aromatic N) is 2. The molecule has 0 radical (unpaired) electrons. The molecule has 1 rings (SSSR count). The van der Waals surface area contributed by atoms with Gasteiger partial charge in [-0.3, -0.25) is 0 Å². The summed E-state index contributed by atoms with van der Waals surface area (Å²) in [5.41, 5.74) is 5.60. The Kier molecular flexibility index (Phi) is 5.28. The molecule has 0 saturated carbocycles. The maximum Gasteiger partial charge on any atom is 0.244 e. The van der Waals surface area contributed by atoms with Crippen LogP contribution in [0.1, 0.15) is 13.8 Å². The van der Waals surface area contributed by atoms with E-state index in [0.717, 1.165) is 4.31 Å². The summed E-state index contributed by atoms with van der Waals surface area (Å²) in [5.74, 6) is 0.956. The number of hydrogen-bond acceptors (Lipinski definition) is 5. The van der Waals surface area contributed by atoms with Gasteiger partial charge in [-0.05, 0) is 31.5 Å². The quantitative estimate of drug-likeness (QED) is 0.804. The first-order valence-corrected chi connectivity index (χ1v) is 7.58. The van der Waals surface area contributed by atoms with Crippen molar-refractivity contribution < 1.29 is 8.42 Å². The van der Waals surface area contributed by atoms with Crippen molar-refractivity contribution in [1.82, 2.24) is 9.29 Å². The molecule has 0 spiro atoms. The van der Waals surface area contributed by atoms with Crippen LogP contribution in [0.5, 0.6) is 0 Å². The van der Waals surface area contributed by atoms with Gasteiger partial charge in [0.2, 0.25) is 10.0 Å². The van der Waals surface area contributed by atoms with Crippen molar-refractivity contribution in [3.8, 4) is 0 Å². The Hall–Kier alpha value is -1.18. The van der Waals surface area contributed by atoms with Crippen LogP contribution in [0.25, 0.3) is 0 Å². The smallest absolute Gasteiger partial charge is 0.244 e. The topological polar surface area (TPSA) is 88.3 Å². The van der Waals surface area contributed by atoms with Gasteiger partial charge in [0.05, 0.1) is 0 Å². The summed E-state index contributed by atoms with van der Waals surface area (Å²) < 4.78 is 24.9. The maximum atomic E-state index is 11.9. The maximum absolute atomic E-state index is 11.9. The van der Waals surface area contributed by atoms with E-state index in [2.05, 4.69) is 10.3 Å². The predicted octanol–water partition coefficient (Wildman–Crippen LogP) is 0.727. The summed E-state index contributed by atoms with van der Waals surface area (Å²) in [6, 6.07) is 3.38. The zero-order chi connectivity index (χ0) is 14.6. The van der Waals surface area contributed by atoms with Crippen LogP contribution in [0.15, 0.2) is 23.2 Å². The van der Waals surface area contributed by atoms with Gasteiger partial charge in [0, 0.05) is 26.3 Å². The molecule has 3 N–H and O–H groups in total. The summed E-state index contributed by atoms with van der Waals surface area (Å²) in [7, 11) is -0.435. The lowest BCUT2D eigenvalue weighted by Gasteiger charge is -2.20. The Morgan fingerprint density at radius 3 is 2.42 bits per heavy atom. The molecule has 6 nitrogen and oxygen atoms in total. The number of rotatable bonds is 6. The average Bonchev–Trinajstić information content (AvgIpc) is 2.38. The Labute approximate surface area is 115 Å². The third kappa shape index (κ3) is 3.89. The second kappa shape index (κ2) is 6.31. The summed E-state index contributed by atoms with van der Waals surface area (Å²) in [4.78, 5) is 4.31. The van der Waals surface area contributed by atoms with Gasteiger partial charge in [-0.1, -0.05) is 6.92 Å². The van der Waals surface area contributed by atoms with Crippen molar-refractivity contribution in [2.75, 3.05) is 26.0 Å². The molecule has 0 saturated heterocycles. The van der Waals surface area contributed by atoms with E-state index in [0.29, 0.717) is 18.3 Å². The number of hydrogen-bond donors (Lipinski definition) is 2. The molecule has 0 aliphatic heterocycles. The zero-order valence-electron chi connectivity index (χ0n) is 11.8. The molecular weight excluding hydrogens is 264 g/mol. The summed E-state index contributed by atoms with van der Waals surface area (Å²) in [5, 5.41) is 3.20. The fraction of sp³-hybridized carbons (Fsp3) is 0.583. The van der Waals surface area contributed by atoms with Gasteiger partial charge < -0.3 is 11.1 Å². The fourth-order valence-corrected chi connectivity index (χ4v) is 2.26. The van der Waals surface area contributed by atoms with Gasteiger partial charge in [-0.2, -0.15) is 0 Å². The first-order chi connectivity index (χ1) is 8.78. The highest BCUT2D eigenvalue weighted by Crippen LogP contribution is 2.15. The Balaban J connectivity index is 2.83. The summed E-state index contributed by atoms with van der Waals surface area (Å²) in [6.07, 6.45) is 1.36. The molecule has 0 fully saturated rings. The molecule has 0 aromatic carbocycles. The van der Waals surface area contributed by atoms with Gasteiger partial charge >= 0.3 is 0 Å². The van der Waals surface area contributed by atoms with Crippen molar-refractivity contribution in [1.29, 1.82) is 0 Å². The lowest BCUT2D eigenvalue weighted by atomic mass is 10.0. The molecule has 2 atom stereocenters. The largest absolute Gasteiger partial charge is 0.367 e. The lowest BCUT2D eigenvalue weighted by molar-refractivity contribution is 0.518. The van der Waals surface area contributed by atoms with Crippen LogP contribution >= 0.6 is 0 Å². The Bertz CT molecular complexity index is 499. The standard InChI is InChI=1S/C12H22N4O2S/c1-9(7-13)10(2)15-12-6-5-11(8-14-12)19(17,18)16(3)4/h5-6,8-10H,7,13H2,1-4H3,(H,14,15). The highest BCUT2D eigenvalue weighted by molar-refractivity contribution is 7.89. The van der Waals surface area contributed by atoms with Gasteiger partial charge in [0.1, 0.15) is 10.7 Å². The molecule has 0 aliphatic rings. The van der Waals surface area contributed by atoms with E-state index < -0.39 is 10.0 Å². The van der Waals surface area contributed by atoms with Gasteiger partial charge in [-0.25, -0.2) is 17.7 Å². The molecule has 0 amide bonds. The Morgan fingerprint density at radius 2 is 2.00 bits per heavy atom. The van der Waals surface area contributed by atoms with Crippen LogP contribution < -0.4 is 11.1 Å². The third-order valence-corrected chi connectivity index (χ3v) is 4.91. The van der Waals surface area contributed by atoms with Crippen LogP contribution in [-0.4, -0.2) is 44.4 Å². The molecule has 1 aromatic rings. The van der Waals surface area contributed by atoms with Gasteiger partial charge in [0.15, 0.2) is 0 Å². The number of sulfonamides is 1. The molecule has 19 heavy (non-hydrogen) atoms. The van der Waals surface area contributed by atoms with Gasteiger partial charge in [0.25, 0.3) is 0 Å². The van der Waals surface area contributed by atoms with Crippen LogP contribution in [0.3, 0.4) is 0 Å². The zero-order valence-corrected chi connectivity index (χ0v) is 12.6. The highest BCUT2D eigenvalue weighted by Gasteiger charge is 2.17. The van der Waals surface area contributed by atoms with Crippen LogP contribution in [0.4, 0.5) is 5.82 Å². The van der Waals surface area contributed by atoms with E-state index >= 15 is 0 Å². The Morgan fingerprint density at radius 1 is 1.37 bits per heavy atom. The van der Waals surface area contributed by atoms with Crippen molar-refractivity contribution in [3.63, 3.8) is 0 Å². The monoisotopic (exact) mass is 286 g/mol. The van der Waals surface area contributed by atoms with E-state index in [1.807, 2.05) is 13.8 Å². The average molecular weight is 286 g/mol. The van der Waals surface area contributed by atoms with E-state index in [9.17, 15) is 8.42 Å². The summed E-state index contributed by atoms with van der Waals surface area (Å²) in [6.45, 7) is 4.65. The number of nitrogens with two attached hydrogens (primary N) is 1. The van der Waals surface area contributed by atoms with E-state index in [1.165, 1.54) is 20.3 Å². The molecule has 108 valence electrons. The summed E-state index contributed by atoms with van der Waals surface area (Å²) >= 11 is 0. The van der Waals surface area contributed by atoms with Crippen molar-refractivity contribution >= 4 is 15.8 Å². The normalized spacial score (nSPS) is 15.3. The minimum Gasteiger partial charge on any atom is -0.367 e. The van der Waals surface area contributed by atoms with Crippen molar-refractivity contribution in [3.05, 3.63) is 18.3 Å². The SMILES string of the molecule is CC(CN)C(C)Nc1ccc(S(=O)(=O)N(C)C)cn1. The first-order valence-electron chi connectivity index (χ1n) is 6.14. The molecule has 0 aliphatic carbocycles. The number of anilines is 1. The third-order valence-electron chi connectivity index (χ3n) is 3.12. The van der Waals surface area contributed by atoms with E-state index in [1.54, 1.807) is 12.1 Å². The second-order valence-corrected chi connectivity index (χ2v) is 6.96. The number of pyridine rings is 1. The molecule has 0 bridgehead atoms. The highest BCUT2D eigenvalue weighted by atomic mass is 32.2. The minimum absolute atomic E-state index is 0.175. The molecule has 1 heterocycles. The lowest BCUT2D eigenvalue weighted by Crippen LogP contribution is -2.29. The molecule has 1 aromatic heterocycles. The molecule has 7 heteroatoms.